The van der Waals surface area contributed by atoms with E-state index in [2.05, 4.69) is 9.97 Å². The molecule has 0 aliphatic rings. The summed E-state index contributed by atoms with van der Waals surface area (Å²) in [7, 11) is 0. The van der Waals surface area contributed by atoms with Crippen LogP contribution < -0.4 is 0 Å². The van der Waals surface area contributed by atoms with E-state index in [9.17, 15) is 9.18 Å². The number of carbonyl (C=O) groups is 1. The van der Waals surface area contributed by atoms with Crippen molar-refractivity contribution >= 4 is 16.7 Å². The Kier molecular flexibility index (Phi) is 3.21. The molecule has 3 aromatic rings. The molecule has 0 spiro atoms. The molecule has 0 unspecified atom stereocenters. The van der Waals surface area contributed by atoms with E-state index in [1.807, 2.05) is 30.3 Å². The van der Waals surface area contributed by atoms with Crippen LogP contribution in [0.3, 0.4) is 0 Å². The highest BCUT2D eigenvalue weighted by Gasteiger charge is 2.14. The molecule has 0 N–H and O–H groups in total. The maximum absolute atomic E-state index is 13.5. The zero-order chi connectivity index (χ0) is 13.9. The van der Waals surface area contributed by atoms with Crippen LogP contribution in [0, 0.1) is 5.82 Å². The van der Waals surface area contributed by atoms with Crippen LogP contribution in [-0.4, -0.2) is 15.8 Å². The zero-order valence-corrected chi connectivity index (χ0v) is 10.6. The van der Waals surface area contributed by atoms with Gasteiger partial charge in [0, 0.05) is 17.3 Å². The van der Waals surface area contributed by atoms with Gasteiger partial charge in [0.25, 0.3) is 0 Å². The zero-order valence-electron chi connectivity index (χ0n) is 10.6. The van der Waals surface area contributed by atoms with Crippen molar-refractivity contribution in [2.75, 3.05) is 0 Å². The van der Waals surface area contributed by atoms with E-state index in [-0.39, 0.29) is 17.9 Å². The third-order valence-electron chi connectivity index (χ3n) is 3.02. The number of Topliss-reactive ketones (excluding diaryl/α,β-unsaturated/α-hetero) is 1. The summed E-state index contributed by atoms with van der Waals surface area (Å²) in [6.45, 7) is 0. The van der Waals surface area contributed by atoms with E-state index >= 15 is 0 Å². The Labute approximate surface area is 115 Å². The van der Waals surface area contributed by atoms with E-state index in [1.165, 1.54) is 18.3 Å². The fourth-order valence-electron chi connectivity index (χ4n) is 2.05. The Balaban J connectivity index is 1.89. The summed E-state index contributed by atoms with van der Waals surface area (Å²) in [5.41, 5.74) is 1.29. The standard InChI is InChI=1S/C16H11FN2O/c17-13-5-3-9-18-16(13)15(20)10-12-8-7-11-4-1-2-6-14(11)19-12/h1-9H,10H2. The normalized spacial score (nSPS) is 10.7. The third kappa shape index (κ3) is 2.40. The van der Waals surface area contributed by atoms with Gasteiger partial charge in [-0.1, -0.05) is 24.3 Å². The number of benzene rings is 1. The van der Waals surface area contributed by atoms with Gasteiger partial charge in [-0.05, 0) is 24.3 Å². The number of carbonyl (C=O) groups excluding carboxylic acids is 1. The first kappa shape index (κ1) is 12.4. The maximum Gasteiger partial charge on any atom is 0.190 e. The molecular formula is C16H11FN2O. The molecule has 0 saturated heterocycles. The highest BCUT2D eigenvalue weighted by Crippen LogP contribution is 2.13. The predicted octanol–water partition coefficient (Wildman–Crippen LogP) is 3.19. The van der Waals surface area contributed by atoms with Crippen molar-refractivity contribution in [1.82, 2.24) is 9.97 Å². The average molecular weight is 266 g/mol. The number of hydrogen-bond donors (Lipinski definition) is 0. The van der Waals surface area contributed by atoms with E-state index in [1.54, 1.807) is 6.07 Å². The van der Waals surface area contributed by atoms with Crippen LogP contribution in [0.5, 0.6) is 0 Å². The van der Waals surface area contributed by atoms with Crippen LogP contribution in [-0.2, 0) is 6.42 Å². The van der Waals surface area contributed by atoms with Crippen LogP contribution >= 0.6 is 0 Å². The number of ketones is 1. The Morgan fingerprint density at radius 3 is 2.75 bits per heavy atom. The molecule has 0 aliphatic heterocycles. The Bertz CT molecular complexity index is 786. The summed E-state index contributed by atoms with van der Waals surface area (Å²) >= 11 is 0. The highest BCUT2D eigenvalue weighted by atomic mass is 19.1. The van der Waals surface area contributed by atoms with Gasteiger partial charge in [-0.3, -0.25) is 14.8 Å². The first-order valence-electron chi connectivity index (χ1n) is 6.22. The minimum atomic E-state index is -0.599. The van der Waals surface area contributed by atoms with E-state index in [0.717, 1.165) is 10.9 Å². The molecule has 2 heterocycles. The maximum atomic E-state index is 13.5. The molecule has 4 heteroatoms. The molecule has 0 amide bonds. The van der Waals surface area contributed by atoms with Crippen molar-refractivity contribution in [3.63, 3.8) is 0 Å². The summed E-state index contributed by atoms with van der Waals surface area (Å²) in [4.78, 5) is 20.2. The number of halogens is 1. The van der Waals surface area contributed by atoms with Gasteiger partial charge in [0.15, 0.2) is 11.6 Å². The summed E-state index contributed by atoms with van der Waals surface area (Å²) in [6, 6.07) is 14.0. The van der Waals surface area contributed by atoms with Gasteiger partial charge in [0.1, 0.15) is 5.69 Å². The van der Waals surface area contributed by atoms with Crippen LogP contribution in [0.2, 0.25) is 0 Å². The minimum absolute atomic E-state index is 0.0404. The van der Waals surface area contributed by atoms with Gasteiger partial charge in [0.2, 0.25) is 0 Å². The first-order valence-corrected chi connectivity index (χ1v) is 6.22. The number of pyridine rings is 2. The molecule has 3 nitrogen and oxygen atoms in total. The molecule has 20 heavy (non-hydrogen) atoms. The van der Waals surface area contributed by atoms with Crippen molar-refractivity contribution in [2.45, 2.75) is 6.42 Å². The quantitative estimate of drug-likeness (QED) is 0.684. The number of rotatable bonds is 3. The van der Waals surface area contributed by atoms with Crippen molar-refractivity contribution in [3.05, 3.63) is 71.9 Å². The summed E-state index contributed by atoms with van der Waals surface area (Å²) in [5, 5.41) is 1.01. The molecule has 0 bridgehead atoms. The Hall–Kier alpha value is -2.62. The summed E-state index contributed by atoms with van der Waals surface area (Å²) in [5.74, 6) is -0.968. The minimum Gasteiger partial charge on any atom is -0.292 e. The second-order valence-corrected chi connectivity index (χ2v) is 4.43. The summed E-state index contributed by atoms with van der Waals surface area (Å²) < 4.78 is 13.5. The second kappa shape index (κ2) is 5.17. The number of fused-ring (bicyclic) bond motifs is 1. The highest BCUT2D eigenvalue weighted by molar-refractivity contribution is 5.96. The lowest BCUT2D eigenvalue weighted by Gasteiger charge is -2.03. The average Bonchev–Trinajstić information content (AvgIpc) is 2.47. The van der Waals surface area contributed by atoms with Crippen molar-refractivity contribution < 1.29 is 9.18 Å². The molecule has 0 fully saturated rings. The van der Waals surface area contributed by atoms with Crippen molar-refractivity contribution in [3.8, 4) is 0 Å². The molecule has 0 atom stereocenters. The SMILES string of the molecule is O=C(Cc1ccc2ccccc2n1)c1ncccc1F. The molecule has 0 saturated carbocycles. The molecule has 2 aromatic heterocycles. The smallest absolute Gasteiger partial charge is 0.190 e. The molecular weight excluding hydrogens is 255 g/mol. The van der Waals surface area contributed by atoms with Crippen LogP contribution in [0.25, 0.3) is 10.9 Å². The Morgan fingerprint density at radius 2 is 1.90 bits per heavy atom. The predicted molar refractivity (Wildman–Crippen MR) is 74.0 cm³/mol. The second-order valence-electron chi connectivity index (χ2n) is 4.43. The van der Waals surface area contributed by atoms with Gasteiger partial charge in [-0.15, -0.1) is 0 Å². The van der Waals surface area contributed by atoms with Crippen molar-refractivity contribution in [2.24, 2.45) is 0 Å². The largest absolute Gasteiger partial charge is 0.292 e. The van der Waals surface area contributed by atoms with Gasteiger partial charge in [-0.25, -0.2) is 4.39 Å². The van der Waals surface area contributed by atoms with Gasteiger partial charge < -0.3 is 0 Å². The third-order valence-corrected chi connectivity index (χ3v) is 3.02. The fraction of sp³-hybridized carbons (Fsp3) is 0.0625. The molecule has 0 radical (unpaired) electrons. The first-order chi connectivity index (χ1) is 9.74. The van der Waals surface area contributed by atoms with E-state index in [0.29, 0.717) is 5.69 Å². The molecule has 3 rings (SSSR count). The number of aromatic nitrogens is 2. The number of hydrogen-bond acceptors (Lipinski definition) is 3. The monoisotopic (exact) mass is 266 g/mol. The lowest BCUT2D eigenvalue weighted by molar-refractivity contribution is 0.0983. The number of nitrogens with zero attached hydrogens (tertiary/aromatic N) is 2. The van der Waals surface area contributed by atoms with Crippen LogP contribution in [0.1, 0.15) is 16.2 Å². The summed E-state index contributed by atoms with van der Waals surface area (Å²) in [6.07, 6.45) is 1.45. The topological polar surface area (TPSA) is 42.9 Å². The van der Waals surface area contributed by atoms with E-state index in [4.69, 9.17) is 0 Å². The lowest BCUT2D eigenvalue weighted by atomic mass is 10.1. The fourth-order valence-corrected chi connectivity index (χ4v) is 2.05. The van der Waals surface area contributed by atoms with E-state index < -0.39 is 5.82 Å². The molecule has 1 aromatic carbocycles. The van der Waals surface area contributed by atoms with Gasteiger partial charge in [-0.2, -0.15) is 0 Å². The number of para-hydroxylation sites is 1. The lowest BCUT2D eigenvalue weighted by Crippen LogP contribution is -2.09. The van der Waals surface area contributed by atoms with Crippen LogP contribution in [0.4, 0.5) is 4.39 Å². The molecule has 98 valence electrons. The Morgan fingerprint density at radius 1 is 1.05 bits per heavy atom. The van der Waals surface area contributed by atoms with Gasteiger partial charge in [0.05, 0.1) is 11.9 Å². The van der Waals surface area contributed by atoms with Crippen molar-refractivity contribution in [1.29, 1.82) is 0 Å². The van der Waals surface area contributed by atoms with Crippen LogP contribution in [0.15, 0.2) is 54.7 Å². The van der Waals surface area contributed by atoms with Gasteiger partial charge >= 0.3 is 0 Å². The molecule has 0 aliphatic carbocycles.